The van der Waals surface area contributed by atoms with Gasteiger partial charge in [0.05, 0.1) is 12.1 Å². The number of hydrogen-bond acceptors (Lipinski definition) is 4. The molecule has 4 rings (SSSR count). The standard InChI is InChI=1S/C20H28N2O3/c1-21-10-8-17-18(21)4-2-5-19(17)25-16-6-11-22(12-7-16)14-20(23)9-3-13-24-15-20/h2,4-5,8,10,16,23H,3,6-7,9,11-15H2,1H3. The lowest BCUT2D eigenvalue weighted by Crippen LogP contribution is -2.51. The van der Waals surface area contributed by atoms with E-state index in [2.05, 4.69) is 47.0 Å². The van der Waals surface area contributed by atoms with Gasteiger partial charge in [0.1, 0.15) is 17.5 Å². The van der Waals surface area contributed by atoms with Crippen molar-refractivity contribution in [2.75, 3.05) is 32.8 Å². The number of benzene rings is 1. The quantitative estimate of drug-likeness (QED) is 0.926. The Labute approximate surface area is 149 Å². The lowest BCUT2D eigenvalue weighted by Gasteiger charge is -2.39. The fourth-order valence-electron chi connectivity index (χ4n) is 4.12. The Morgan fingerprint density at radius 1 is 1.28 bits per heavy atom. The van der Waals surface area contributed by atoms with Gasteiger partial charge in [-0.25, -0.2) is 0 Å². The van der Waals surface area contributed by atoms with Gasteiger partial charge in [-0.2, -0.15) is 0 Å². The van der Waals surface area contributed by atoms with E-state index < -0.39 is 5.60 Å². The number of hydrogen-bond donors (Lipinski definition) is 1. The fourth-order valence-corrected chi connectivity index (χ4v) is 4.12. The molecule has 1 atom stereocenters. The molecule has 2 aliphatic heterocycles. The summed E-state index contributed by atoms with van der Waals surface area (Å²) >= 11 is 0. The average molecular weight is 344 g/mol. The van der Waals surface area contributed by atoms with Crippen LogP contribution in [0.4, 0.5) is 0 Å². The molecule has 136 valence electrons. The van der Waals surface area contributed by atoms with E-state index >= 15 is 0 Å². The Morgan fingerprint density at radius 3 is 2.88 bits per heavy atom. The lowest BCUT2D eigenvalue weighted by atomic mass is 9.95. The minimum atomic E-state index is -0.665. The SMILES string of the molecule is Cn1ccc2c(OC3CCN(CC4(O)CCCOC4)CC3)cccc21. The lowest BCUT2D eigenvalue weighted by molar-refractivity contribution is -0.104. The maximum absolute atomic E-state index is 10.6. The van der Waals surface area contributed by atoms with Crippen LogP contribution in [0.5, 0.6) is 5.75 Å². The predicted octanol–water partition coefficient (Wildman–Crippen LogP) is 2.56. The second-order valence-corrected chi connectivity index (χ2v) is 7.59. The third-order valence-corrected chi connectivity index (χ3v) is 5.54. The van der Waals surface area contributed by atoms with Gasteiger partial charge < -0.3 is 24.0 Å². The van der Waals surface area contributed by atoms with E-state index in [0.29, 0.717) is 13.2 Å². The molecule has 3 heterocycles. The Kier molecular flexibility index (Phi) is 4.71. The number of likely N-dealkylation sites (tertiary alicyclic amines) is 1. The first kappa shape index (κ1) is 16.9. The highest BCUT2D eigenvalue weighted by Crippen LogP contribution is 2.29. The van der Waals surface area contributed by atoms with Gasteiger partial charge in [-0.15, -0.1) is 0 Å². The Bertz CT molecular complexity index is 713. The second-order valence-electron chi connectivity index (χ2n) is 7.59. The van der Waals surface area contributed by atoms with Crippen LogP contribution < -0.4 is 4.74 Å². The number of aryl methyl sites for hydroxylation is 1. The van der Waals surface area contributed by atoms with Crippen LogP contribution in [0, 0.1) is 0 Å². The number of aromatic nitrogens is 1. The first-order valence-electron chi connectivity index (χ1n) is 9.36. The summed E-state index contributed by atoms with van der Waals surface area (Å²) in [4.78, 5) is 2.36. The van der Waals surface area contributed by atoms with Gasteiger partial charge in [-0.3, -0.25) is 0 Å². The van der Waals surface area contributed by atoms with Crippen molar-refractivity contribution in [3.8, 4) is 5.75 Å². The van der Waals surface area contributed by atoms with Crippen molar-refractivity contribution in [2.24, 2.45) is 7.05 Å². The summed E-state index contributed by atoms with van der Waals surface area (Å²) in [5.41, 5.74) is 0.538. The Hall–Kier alpha value is -1.56. The van der Waals surface area contributed by atoms with Crippen molar-refractivity contribution in [3.63, 3.8) is 0 Å². The maximum atomic E-state index is 10.6. The Morgan fingerprint density at radius 2 is 2.12 bits per heavy atom. The second kappa shape index (κ2) is 6.98. The molecule has 5 heteroatoms. The normalized spacial score (nSPS) is 26.2. The summed E-state index contributed by atoms with van der Waals surface area (Å²) in [6.07, 6.45) is 6.13. The van der Waals surface area contributed by atoms with E-state index in [-0.39, 0.29) is 6.10 Å². The molecule has 0 radical (unpaired) electrons. The molecule has 0 aliphatic carbocycles. The van der Waals surface area contributed by atoms with Gasteiger partial charge in [0.25, 0.3) is 0 Å². The van der Waals surface area contributed by atoms with Gasteiger partial charge in [0, 0.05) is 44.9 Å². The molecule has 0 bridgehead atoms. The van der Waals surface area contributed by atoms with E-state index in [1.807, 2.05) is 0 Å². The summed E-state index contributed by atoms with van der Waals surface area (Å²) in [6.45, 7) is 3.91. The molecule has 2 fully saturated rings. The van der Waals surface area contributed by atoms with Crippen molar-refractivity contribution in [1.82, 2.24) is 9.47 Å². The molecular weight excluding hydrogens is 316 g/mol. The van der Waals surface area contributed by atoms with Crippen LogP contribution >= 0.6 is 0 Å². The molecular formula is C20H28N2O3. The number of nitrogens with zero attached hydrogens (tertiary/aromatic N) is 2. The molecule has 25 heavy (non-hydrogen) atoms. The maximum Gasteiger partial charge on any atom is 0.129 e. The average Bonchev–Trinajstić information content (AvgIpc) is 2.99. The van der Waals surface area contributed by atoms with E-state index in [1.165, 1.54) is 10.9 Å². The largest absolute Gasteiger partial charge is 0.490 e. The van der Waals surface area contributed by atoms with Crippen molar-refractivity contribution in [1.29, 1.82) is 0 Å². The van der Waals surface area contributed by atoms with E-state index in [1.54, 1.807) is 0 Å². The molecule has 2 saturated heterocycles. The van der Waals surface area contributed by atoms with Gasteiger partial charge >= 0.3 is 0 Å². The van der Waals surface area contributed by atoms with Gasteiger partial charge in [0.2, 0.25) is 0 Å². The molecule has 2 aromatic rings. The van der Waals surface area contributed by atoms with Gasteiger partial charge in [-0.1, -0.05) is 6.07 Å². The Balaban J connectivity index is 1.34. The van der Waals surface area contributed by atoms with Crippen LogP contribution in [0.1, 0.15) is 25.7 Å². The van der Waals surface area contributed by atoms with Crippen LogP contribution in [0.25, 0.3) is 10.9 Å². The number of rotatable bonds is 4. The fraction of sp³-hybridized carbons (Fsp3) is 0.600. The van der Waals surface area contributed by atoms with Crippen LogP contribution in [-0.2, 0) is 11.8 Å². The molecule has 2 aliphatic rings. The third kappa shape index (κ3) is 3.68. The zero-order valence-corrected chi connectivity index (χ0v) is 15.0. The van der Waals surface area contributed by atoms with Crippen LogP contribution in [-0.4, -0.2) is 59.1 Å². The summed E-state index contributed by atoms with van der Waals surface area (Å²) in [6, 6.07) is 8.37. The van der Waals surface area contributed by atoms with Gasteiger partial charge in [0.15, 0.2) is 0 Å². The molecule has 0 spiro atoms. The number of aliphatic hydroxyl groups is 1. The third-order valence-electron chi connectivity index (χ3n) is 5.54. The smallest absolute Gasteiger partial charge is 0.129 e. The van der Waals surface area contributed by atoms with Crippen molar-refractivity contribution in [3.05, 3.63) is 30.5 Å². The summed E-state index contributed by atoms with van der Waals surface area (Å²) in [5.74, 6) is 0.982. The predicted molar refractivity (Wildman–Crippen MR) is 98.0 cm³/mol. The number of β-amino-alcohol motifs (C(OH)–C–C–N with tert-alkyl or cyclic N) is 1. The minimum absolute atomic E-state index is 0.249. The zero-order valence-electron chi connectivity index (χ0n) is 15.0. The number of ether oxygens (including phenoxy) is 2. The first-order chi connectivity index (χ1) is 12.1. The summed E-state index contributed by atoms with van der Waals surface area (Å²) in [5, 5.41) is 11.8. The first-order valence-corrected chi connectivity index (χ1v) is 9.36. The highest BCUT2D eigenvalue weighted by Gasteiger charge is 2.33. The molecule has 1 aromatic carbocycles. The highest BCUT2D eigenvalue weighted by atomic mass is 16.5. The molecule has 5 nitrogen and oxygen atoms in total. The zero-order chi connectivity index (χ0) is 17.3. The van der Waals surface area contributed by atoms with Crippen LogP contribution in [0.15, 0.2) is 30.5 Å². The van der Waals surface area contributed by atoms with Crippen molar-refractivity contribution in [2.45, 2.75) is 37.4 Å². The highest BCUT2D eigenvalue weighted by molar-refractivity contribution is 5.86. The van der Waals surface area contributed by atoms with E-state index in [9.17, 15) is 5.11 Å². The monoisotopic (exact) mass is 344 g/mol. The van der Waals surface area contributed by atoms with Crippen molar-refractivity contribution >= 4 is 10.9 Å². The van der Waals surface area contributed by atoms with Crippen LogP contribution in [0.2, 0.25) is 0 Å². The number of fused-ring (bicyclic) bond motifs is 1. The summed E-state index contributed by atoms with van der Waals surface area (Å²) < 4.78 is 13.9. The van der Waals surface area contributed by atoms with Crippen molar-refractivity contribution < 1.29 is 14.6 Å². The summed E-state index contributed by atoms with van der Waals surface area (Å²) in [7, 11) is 2.06. The topological polar surface area (TPSA) is 46.9 Å². The molecule has 1 aromatic heterocycles. The molecule has 1 unspecified atom stereocenters. The molecule has 0 amide bonds. The number of piperidine rings is 1. The molecule has 1 N–H and O–H groups in total. The van der Waals surface area contributed by atoms with Crippen LogP contribution in [0.3, 0.4) is 0 Å². The van der Waals surface area contributed by atoms with Gasteiger partial charge in [-0.05, 0) is 43.9 Å². The van der Waals surface area contributed by atoms with E-state index in [0.717, 1.165) is 51.1 Å². The molecule has 0 saturated carbocycles. The van der Waals surface area contributed by atoms with E-state index in [4.69, 9.17) is 9.47 Å². The minimum Gasteiger partial charge on any atom is -0.490 e.